The molecule has 1 rings (SSSR count). The molecule has 0 radical (unpaired) electrons. The highest BCUT2D eigenvalue weighted by molar-refractivity contribution is 5.98. The van der Waals surface area contributed by atoms with E-state index >= 15 is 0 Å². The Kier molecular flexibility index (Phi) is 5.04. The molecule has 4 heteroatoms. The number of oxime groups is 1. The van der Waals surface area contributed by atoms with Crippen molar-refractivity contribution in [2.24, 2.45) is 5.16 Å². The number of halogens is 1. The fraction of sp³-hybridized carbons (Fsp3) is 0.250. The van der Waals surface area contributed by atoms with Crippen molar-refractivity contribution in [1.29, 1.82) is 0 Å². The summed E-state index contributed by atoms with van der Waals surface area (Å²) in [5, 5.41) is 3.78. The Morgan fingerprint density at radius 3 is 2.50 bits per heavy atom. The van der Waals surface area contributed by atoms with Gasteiger partial charge in [0.1, 0.15) is 7.11 Å². The zero-order valence-electron chi connectivity index (χ0n) is 7.02. The van der Waals surface area contributed by atoms with Crippen molar-refractivity contribution in [3.8, 4) is 0 Å². The lowest BCUT2D eigenvalue weighted by molar-refractivity contribution is 0.213. The number of rotatable bonds is 2. The van der Waals surface area contributed by atoms with Crippen molar-refractivity contribution in [3.05, 3.63) is 30.1 Å². The summed E-state index contributed by atoms with van der Waals surface area (Å²) in [6, 6.07) is 3.77. The van der Waals surface area contributed by atoms with E-state index in [9.17, 15) is 0 Å². The Hall–Kier alpha value is -1.09. The quantitative estimate of drug-likeness (QED) is 0.522. The fourth-order valence-corrected chi connectivity index (χ4v) is 0.783. The second kappa shape index (κ2) is 5.55. The van der Waals surface area contributed by atoms with Gasteiger partial charge >= 0.3 is 0 Å². The first-order valence-corrected chi connectivity index (χ1v) is 3.32. The SMILES string of the molecule is CO/N=C(\C)c1ccncc1.Cl. The Bertz CT molecular complexity index is 248. The first-order chi connectivity index (χ1) is 5.34. The molecule has 0 bridgehead atoms. The topological polar surface area (TPSA) is 34.5 Å². The molecule has 12 heavy (non-hydrogen) atoms. The van der Waals surface area contributed by atoms with Crippen molar-refractivity contribution >= 4 is 18.1 Å². The standard InChI is InChI=1S/C8H10N2O.ClH/c1-7(10-11-2)8-3-5-9-6-4-8;/h3-6H,1-2H3;1H/b10-7+;. The van der Waals surface area contributed by atoms with Crippen molar-refractivity contribution in [1.82, 2.24) is 4.98 Å². The normalized spacial score (nSPS) is 10.3. The van der Waals surface area contributed by atoms with Crippen LogP contribution in [0, 0.1) is 0 Å². The molecular weight excluding hydrogens is 176 g/mol. The van der Waals surface area contributed by atoms with Gasteiger partial charge in [-0.15, -0.1) is 12.4 Å². The molecule has 1 aromatic rings. The van der Waals surface area contributed by atoms with E-state index in [0.717, 1.165) is 11.3 Å². The van der Waals surface area contributed by atoms with E-state index in [2.05, 4.69) is 15.0 Å². The van der Waals surface area contributed by atoms with Crippen molar-refractivity contribution < 1.29 is 4.84 Å². The van der Waals surface area contributed by atoms with Gasteiger partial charge in [-0.3, -0.25) is 4.98 Å². The fourth-order valence-electron chi connectivity index (χ4n) is 0.783. The molecule has 0 aliphatic carbocycles. The Morgan fingerprint density at radius 1 is 1.42 bits per heavy atom. The minimum absolute atomic E-state index is 0. The van der Waals surface area contributed by atoms with Gasteiger partial charge in [0, 0.05) is 18.0 Å². The van der Waals surface area contributed by atoms with Gasteiger partial charge in [0.25, 0.3) is 0 Å². The minimum atomic E-state index is 0. The summed E-state index contributed by atoms with van der Waals surface area (Å²) in [5.41, 5.74) is 1.89. The van der Waals surface area contributed by atoms with Gasteiger partial charge in [0.05, 0.1) is 5.71 Å². The number of nitrogens with zero attached hydrogens (tertiary/aromatic N) is 2. The van der Waals surface area contributed by atoms with Gasteiger partial charge in [0.2, 0.25) is 0 Å². The molecule has 0 aliphatic heterocycles. The summed E-state index contributed by atoms with van der Waals surface area (Å²) < 4.78 is 0. The molecule has 3 nitrogen and oxygen atoms in total. The van der Waals surface area contributed by atoms with Crippen LogP contribution in [0.25, 0.3) is 0 Å². The first-order valence-electron chi connectivity index (χ1n) is 3.32. The van der Waals surface area contributed by atoms with Gasteiger partial charge in [-0.2, -0.15) is 0 Å². The highest BCUT2D eigenvalue weighted by Gasteiger charge is 1.94. The molecule has 0 saturated carbocycles. The predicted molar refractivity (Wildman–Crippen MR) is 50.7 cm³/mol. The first kappa shape index (κ1) is 10.9. The van der Waals surface area contributed by atoms with Crippen molar-refractivity contribution in [2.45, 2.75) is 6.92 Å². The Balaban J connectivity index is 0.00000121. The Morgan fingerprint density at radius 2 is 2.00 bits per heavy atom. The molecule has 0 N–H and O–H groups in total. The van der Waals surface area contributed by atoms with Crippen LogP contribution in [-0.4, -0.2) is 17.8 Å². The monoisotopic (exact) mass is 186 g/mol. The van der Waals surface area contributed by atoms with E-state index < -0.39 is 0 Å². The van der Waals surface area contributed by atoms with Crippen LogP contribution in [0.4, 0.5) is 0 Å². The lowest BCUT2D eigenvalue weighted by Gasteiger charge is -1.96. The van der Waals surface area contributed by atoms with E-state index in [1.54, 1.807) is 12.4 Å². The summed E-state index contributed by atoms with van der Waals surface area (Å²) in [5.74, 6) is 0. The van der Waals surface area contributed by atoms with Gasteiger partial charge in [0.15, 0.2) is 0 Å². The molecule has 0 atom stereocenters. The van der Waals surface area contributed by atoms with Crippen LogP contribution in [0.15, 0.2) is 29.7 Å². The third-order valence-corrected chi connectivity index (χ3v) is 1.33. The molecule has 0 fully saturated rings. The molecule has 1 heterocycles. The molecule has 0 amide bonds. The molecule has 0 unspecified atom stereocenters. The zero-order chi connectivity index (χ0) is 8.10. The highest BCUT2D eigenvalue weighted by atomic mass is 35.5. The average Bonchev–Trinajstić information content (AvgIpc) is 2.07. The highest BCUT2D eigenvalue weighted by Crippen LogP contribution is 1.98. The van der Waals surface area contributed by atoms with Gasteiger partial charge in [-0.1, -0.05) is 5.16 Å². The van der Waals surface area contributed by atoms with Gasteiger partial charge in [-0.05, 0) is 19.1 Å². The molecule has 0 saturated heterocycles. The summed E-state index contributed by atoms with van der Waals surface area (Å²) in [7, 11) is 1.53. The Labute approximate surface area is 77.9 Å². The van der Waals surface area contributed by atoms with Crippen LogP contribution in [0.1, 0.15) is 12.5 Å². The lowest BCUT2D eigenvalue weighted by atomic mass is 10.2. The summed E-state index contributed by atoms with van der Waals surface area (Å²) in [4.78, 5) is 8.52. The van der Waals surface area contributed by atoms with Crippen LogP contribution < -0.4 is 0 Å². The van der Waals surface area contributed by atoms with Gasteiger partial charge < -0.3 is 4.84 Å². The van der Waals surface area contributed by atoms with Crippen LogP contribution in [0.5, 0.6) is 0 Å². The third kappa shape index (κ3) is 2.88. The molecule has 0 aromatic carbocycles. The zero-order valence-corrected chi connectivity index (χ0v) is 7.84. The van der Waals surface area contributed by atoms with Crippen molar-refractivity contribution in [2.75, 3.05) is 7.11 Å². The summed E-state index contributed by atoms with van der Waals surface area (Å²) in [6.07, 6.45) is 3.45. The second-order valence-electron chi connectivity index (χ2n) is 2.10. The van der Waals surface area contributed by atoms with Crippen LogP contribution in [0.3, 0.4) is 0 Å². The van der Waals surface area contributed by atoms with E-state index in [1.165, 1.54) is 7.11 Å². The van der Waals surface area contributed by atoms with E-state index in [-0.39, 0.29) is 12.4 Å². The number of aromatic nitrogens is 1. The molecule has 0 aliphatic rings. The lowest BCUT2D eigenvalue weighted by Crippen LogP contribution is -1.94. The second-order valence-corrected chi connectivity index (χ2v) is 2.10. The van der Waals surface area contributed by atoms with Gasteiger partial charge in [-0.25, -0.2) is 0 Å². The molecular formula is C8H11ClN2O. The third-order valence-electron chi connectivity index (χ3n) is 1.33. The molecule has 1 aromatic heterocycles. The maximum absolute atomic E-state index is 4.63. The van der Waals surface area contributed by atoms with Crippen LogP contribution in [-0.2, 0) is 4.84 Å². The summed E-state index contributed by atoms with van der Waals surface area (Å²) >= 11 is 0. The van der Waals surface area contributed by atoms with E-state index in [1.807, 2.05) is 19.1 Å². The number of pyridine rings is 1. The minimum Gasteiger partial charge on any atom is -0.399 e. The smallest absolute Gasteiger partial charge is 0.106 e. The summed E-state index contributed by atoms with van der Waals surface area (Å²) in [6.45, 7) is 1.89. The number of hydrogen-bond donors (Lipinski definition) is 0. The van der Waals surface area contributed by atoms with E-state index in [4.69, 9.17) is 0 Å². The van der Waals surface area contributed by atoms with Crippen molar-refractivity contribution in [3.63, 3.8) is 0 Å². The predicted octanol–water partition coefficient (Wildman–Crippen LogP) is 1.87. The molecule has 66 valence electrons. The maximum Gasteiger partial charge on any atom is 0.106 e. The molecule has 0 spiro atoms. The van der Waals surface area contributed by atoms with Crippen LogP contribution in [0.2, 0.25) is 0 Å². The maximum atomic E-state index is 4.63. The average molecular weight is 187 g/mol. The number of hydrogen-bond acceptors (Lipinski definition) is 3. The van der Waals surface area contributed by atoms with Crippen LogP contribution >= 0.6 is 12.4 Å². The largest absolute Gasteiger partial charge is 0.399 e. The van der Waals surface area contributed by atoms with E-state index in [0.29, 0.717) is 0 Å².